The van der Waals surface area contributed by atoms with E-state index in [-0.39, 0.29) is 11.8 Å². The molecule has 0 radical (unpaired) electrons. The maximum atomic E-state index is 11.3. The lowest BCUT2D eigenvalue weighted by Crippen LogP contribution is -2.39. The average Bonchev–Trinajstić information content (AvgIpc) is 2.08. The molecular weight excluding hydrogens is 152 g/mol. The molecule has 3 nitrogen and oxygen atoms in total. The van der Waals surface area contributed by atoms with Crippen LogP contribution in [-0.2, 0) is 4.79 Å². The predicted octanol–water partition coefficient (Wildman–Crippen LogP) is 0.496. The minimum Gasteiger partial charge on any atom is -0.359 e. The molecule has 3 atom stereocenters. The van der Waals surface area contributed by atoms with Crippen molar-refractivity contribution in [2.75, 3.05) is 7.05 Å². The zero-order chi connectivity index (χ0) is 9.14. The second-order valence-corrected chi connectivity index (χ2v) is 3.77. The first-order valence-electron chi connectivity index (χ1n) is 4.62. The molecule has 1 rings (SSSR count). The van der Waals surface area contributed by atoms with Gasteiger partial charge in [0.1, 0.15) is 0 Å². The Labute approximate surface area is 73.7 Å². The first-order valence-corrected chi connectivity index (χ1v) is 4.62. The second kappa shape index (κ2) is 3.90. The van der Waals surface area contributed by atoms with Gasteiger partial charge in [0.05, 0.1) is 0 Å². The molecule has 70 valence electrons. The lowest BCUT2D eigenvalue weighted by molar-refractivity contribution is -0.126. The van der Waals surface area contributed by atoms with E-state index in [9.17, 15) is 4.79 Å². The molecule has 1 aliphatic carbocycles. The zero-order valence-electron chi connectivity index (χ0n) is 7.84. The lowest BCUT2D eigenvalue weighted by atomic mass is 9.79. The molecule has 0 saturated heterocycles. The summed E-state index contributed by atoms with van der Waals surface area (Å²) in [4.78, 5) is 11.3. The number of hydrogen-bond donors (Lipinski definition) is 2. The highest BCUT2D eigenvalue weighted by Crippen LogP contribution is 2.27. The van der Waals surface area contributed by atoms with Gasteiger partial charge in [-0.3, -0.25) is 4.79 Å². The molecule has 0 aliphatic heterocycles. The van der Waals surface area contributed by atoms with E-state index in [1.165, 1.54) is 0 Å². The Morgan fingerprint density at radius 3 is 2.67 bits per heavy atom. The maximum absolute atomic E-state index is 11.3. The van der Waals surface area contributed by atoms with Gasteiger partial charge in [0.15, 0.2) is 0 Å². The van der Waals surface area contributed by atoms with Crippen LogP contribution in [0.1, 0.15) is 26.2 Å². The van der Waals surface area contributed by atoms with E-state index in [0.29, 0.717) is 12.0 Å². The molecular formula is C9H18N2O. The summed E-state index contributed by atoms with van der Waals surface area (Å²) in [7, 11) is 1.70. The Balaban J connectivity index is 2.45. The van der Waals surface area contributed by atoms with Crippen LogP contribution < -0.4 is 11.1 Å². The number of amides is 1. The molecule has 0 heterocycles. The van der Waals surface area contributed by atoms with Crippen LogP contribution in [0.15, 0.2) is 0 Å². The first kappa shape index (κ1) is 9.52. The van der Waals surface area contributed by atoms with Gasteiger partial charge in [0.2, 0.25) is 5.91 Å². The van der Waals surface area contributed by atoms with Crippen LogP contribution in [0.5, 0.6) is 0 Å². The first-order chi connectivity index (χ1) is 5.65. The fraction of sp³-hybridized carbons (Fsp3) is 0.889. The van der Waals surface area contributed by atoms with Gasteiger partial charge in [-0.25, -0.2) is 0 Å². The lowest BCUT2D eigenvalue weighted by Gasteiger charge is -2.30. The summed E-state index contributed by atoms with van der Waals surface area (Å²) < 4.78 is 0. The van der Waals surface area contributed by atoms with Crippen molar-refractivity contribution in [1.82, 2.24) is 5.32 Å². The van der Waals surface area contributed by atoms with Gasteiger partial charge in [0, 0.05) is 19.0 Å². The van der Waals surface area contributed by atoms with Gasteiger partial charge in [-0.05, 0) is 25.2 Å². The summed E-state index contributed by atoms with van der Waals surface area (Å²) in [5.41, 5.74) is 5.85. The second-order valence-electron chi connectivity index (χ2n) is 3.77. The Morgan fingerprint density at radius 2 is 2.17 bits per heavy atom. The zero-order valence-corrected chi connectivity index (χ0v) is 7.84. The van der Waals surface area contributed by atoms with Gasteiger partial charge < -0.3 is 11.1 Å². The minimum atomic E-state index is 0.175. The van der Waals surface area contributed by atoms with Crippen molar-refractivity contribution >= 4 is 5.91 Å². The van der Waals surface area contributed by atoms with Gasteiger partial charge in [-0.1, -0.05) is 6.92 Å². The molecule has 3 heteroatoms. The number of nitrogens with one attached hydrogen (secondary N) is 1. The standard InChI is InChI=1S/C9H18N2O/c1-6-5-7(9(12)11-2)3-4-8(6)10/h6-8H,3-5,10H2,1-2H3,(H,11,12). The van der Waals surface area contributed by atoms with Crippen LogP contribution in [0, 0.1) is 11.8 Å². The third-order valence-corrected chi connectivity index (χ3v) is 2.85. The molecule has 0 bridgehead atoms. The third kappa shape index (κ3) is 1.97. The fourth-order valence-electron chi connectivity index (χ4n) is 1.86. The SMILES string of the molecule is CNC(=O)C1CCC(N)C(C)C1. The van der Waals surface area contributed by atoms with E-state index >= 15 is 0 Å². The van der Waals surface area contributed by atoms with E-state index in [1.54, 1.807) is 7.05 Å². The Kier molecular flexibility index (Phi) is 3.09. The van der Waals surface area contributed by atoms with Crippen LogP contribution >= 0.6 is 0 Å². The summed E-state index contributed by atoms with van der Waals surface area (Å²) in [6, 6.07) is 0.297. The van der Waals surface area contributed by atoms with E-state index in [1.807, 2.05) is 0 Å². The number of rotatable bonds is 1. The quantitative estimate of drug-likeness (QED) is 0.602. The van der Waals surface area contributed by atoms with Gasteiger partial charge >= 0.3 is 0 Å². The maximum Gasteiger partial charge on any atom is 0.222 e. The predicted molar refractivity (Wildman–Crippen MR) is 48.5 cm³/mol. The summed E-state index contributed by atoms with van der Waals surface area (Å²) >= 11 is 0. The van der Waals surface area contributed by atoms with Crippen molar-refractivity contribution in [2.24, 2.45) is 17.6 Å². The normalized spacial score (nSPS) is 36.1. The molecule has 1 saturated carbocycles. The van der Waals surface area contributed by atoms with Crippen molar-refractivity contribution in [3.05, 3.63) is 0 Å². The van der Waals surface area contributed by atoms with E-state index in [0.717, 1.165) is 19.3 Å². The van der Waals surface area contributed by atoms with Crippen molar-refractivity contribution in [2.45, 2.75) is 32.2 Å². The highest BCUT2D eigenvalue weighted by atomic mass is 16.1. The molecule has 3 unspecified atom stereocenters. The van der Waals surface area contributed by atoms with E-state index < -0.39 is 0 Å². The Morgan fingerprint density at radius 1 is 1.50 bits per heavy atom. The highest BCUT2D eigenvalue weighted by molar-refractivity contribution is 5.78. The van der Waals surface area contributed by atoms with Gasteiger partial charge in [-0.2, -0.15) is 0 Å². The average molecular weight is 170 g/mol. The van der Waals surface area contributed by atoms with Crippen LogP contribution in [0.2, 0.25) is 0 Å². The topological polar surface area (TPSA) is 55.1 Å². The van der Waals surface area contributed by atoms with Crippen LogP contribution in [0.4, 0.5) is 0 Å². The number of carbonyl (C=O) groups is 1. The smallest absolute Gasteiger partial charge is 0.222 e. The summed E-state index contributed by atoms with van der Waals surface area (Å²) in [6.45, 7) is 2.12. The van der Waals surface area contributed by atoms with Crippen LogP contribution in [0.3, 0.4) is 0 Å². The van der Waals surface area contributed by atoms with Crippen LogP contribution in [-0.4, -0.2) is 19.0 Å². The molecule has 3 N–H and O–H groups in total. The van der Waals surface area contributed by atoms with Gasteiger partial charge in [-0.15, -0.1) is 0 Å². The molecule has 0 aromatic rings. The number of hydrogen-bond acceptors (Lipinski definition) is 2. The third-order valence-electron chi connectivity index (χ3n) is 2.85. The van der Waals surface area contributed by atoms with Crippen molar-refractivity contribution in [3.63, 3.8) is 0 Å². The molecule has 1 fully saturated rings. The number of nitrogens with two attached hydrogens (primary N) is 1. The minimum absolute atomic E-state index is 0.175. The molecule has 0 aromatic carbocycles. The molecule has 0 spiro atoms. The van der Waals surface area contributed by atoms with Crippen molar-refractivity contribution in [3.8, 4) is 0 Å². The van der Waals surface area contributed by atoms with E-state index in [2.05, 4.69) is 12.2 Å². The molecule has 1 amide bonds. The summed E-state index contributed by atoms with van der Waals surface area (Å²) in [6.07, 6.45) is 2.88. The fourth-order valence-corrected chi connectivity index (χ4v) is 1.86. The van der Waals surface area contributed by atoms with Crippen molar-refractivity contribution < 1.29 is 4.79 Å². The van der Waals surface area contributed by atoms with Gasteiger partial charge in [0.25, 0.3) is 0 Å². The monoisotopic (exact) mass is 170 g/mol. The van der Waals surface area contributed by atoms with Crippen LogP contribution in [0.25, 0.3) is 0 Å². The number of carbonyl (C=O) groups excluding carboxylic acids is 1. The van der Waals surface area contributed by atoms with E-state index in [4.69, 9.17) is 5.73 Å². The summed E-state index contributed by atoms with van der Waals surface area (Å²) in [5, 5.41) is 2.69. The largest absolute Gasteiger partial charge is 0.359 e. The molecule has 1 aliphatic rings. The summed E-state index contributed by atoms with van der Waals surface area (Å²) in [5.74, 6) is 0.861. The Hall–Kier alpha value is -0.570. The van der Waals surface area contributed by atoms with Crippen molar-refractivity contribution in [1.29, 1.82) is 0 Å². The molecule has 12 heavy (non-hydrogen) atoms. The highest BCUT2D eigenvalue weighted by Gasteiger charge is 2.28. The Bertz CT molecular complexity index is 170. The molecule has 0 aromatic heterocycles.